The van der Waals surface area contributed by atoms with Crippen LogP contribution in [0.25, 0.3) is 0 Å². The minimum atomic E-state index is -0.974. The molecule has 1 N–H and O–H groups in total. The molecule has 0 radical (unpaired) electrons. The highest BCUT2D eigenvalue weighted by Gasteiger charge is 2.49. The van der Waals surface area contributed by atoms with Crippen LogP contribution in [0.1, 0.15) is 27.2 Å². The van der Waals surface area contributed by atoms with Gasteiger partial charge in [0, 0.05) is 18.0 Å². The molecule has 23 heavy (non-hydrogen) atoms. The second-order valence-corrected chi connectivity index (χ2v) is 8.13. The lowest BCUT2D eigenvalue weighted by atomic mass is 9.95. The first-order valence-corrected chi connectivity index (χ1v) is 8.05. The van der Waals surface area contributed by atoms with Crippen LogP contribution in [0.5, 0.6) is 0 Å². The molecule has 0 unspecified atom stereocenters. The van der Waals surface area contributed by atoms with Crippen molar-refractivity contribution >= 4 is 23.8 Å². The number of aliphatic carboxylic acids is 1. The molecule has 1 aliphatic rings. The molecule has 0 saturated carbocycles. The van der Waals surface area contributed by atoms with Gasteiger partial charge in [-0.25, -0.2) is 9.18 Å². The van der Waals surface area contributed by atoms with Crippen LogP contribution in [0.4, 0.5) is 9.18 Å². The van der Waals surface area contributed by atoms with Crippen LogP contribution in [0.15, 0.2) is 29.2 Å². The summed E-state index contributed by atoms with van der Waals surface area (Å²) in [5, 5.41) is 9.13. The molecule has 1 aromatic carbocycles. The Morgan fingerprint density at radius 1 is 1.35 bits per heavy atom. The summed E-state index contributed by atoms with van der Waals surface area (Å²) < 4.78 is 18.4. The van der Waals surface area contributed by atoms with Crippen molar-refractivity contribution in [3.63, 3.8) is 0 Å². The Balaban J connectivity index is 2.08. The van der Waals surface area contributed by atoms with E-state index >= 15 is 0 Å². The fourth-order valence-corrected chi connectivity index (χ4v) is 3.77. The monoisotopic (exact) mass is 341 g/mol. The van der Waals surface area contributed by atoms with Gasteiger partial charge in [0.05, 0.1) is 11.2 Å². The Kier molecular flexibility index (Phi) is 4.89. The van der Waals surface area contributed by atoms with Gasteiger partial charge >= 0.3 is 12.1 Å². The van der Waals surface area contributed by atoms with E-state index in [9.17, 15) is 14.0 Å². The lowest BCUT2D eigenvalue weighted by Crippen LogP contribution is -2.62. The van der Waals surface area contributed by atoms with Gasteiger partial charge in [0.15, 0.2) is 0 Å². The summed E-state index contributed by atoms with van der Waals surface area (Å²) in [7, 11) is 0. The number of thioether (sulfide) groups is 1. The largest absolute Gasteiger partial charge is 0.481 e. The molecule has 1 aromatic rings. The second kappa shape index (κ2) is 6.39. The number of rotatable bonds is 4. The number of carboxylic acid groups (broad SMARTS) is 1. The highest BCUT2D eigenvalue weighted by molar-refractivity contribution is 8.00. The minimum absolute atomic E-state index is 0.148. The van der Waals surface area contributed by atoms with Gasteiger partial charge in [-0.05, 0) is 32.9 Å². The predicted molar refractivity (Wildman–Crippen MR) is 85.0 cm³/mol. The molecule has 0 spiro atoms. The van der Waals surface area contributed by atoms with Gasteiger partial charge in [-0.2, -0.15) is 0 Å². The van der Waals surface area contributed by atoms with Crippen molar-refractivity contribution in [3.8, 4) is 0 Å². The first-order chi connectivity index (χ1) is 10.6. The molecule has 5 nitrogen and oxygen atoms in total. The SMILES string of the molecule is CC(C)(C)OC(=O)N1CC(CC(=O)O)(Sc2ccccc2F)C1. The van der Waals surface area contributed by atoms with Crippen LogP contribution in [0.3, 0.4) is 0 Å². The van der Waals surface area contributed by atoms with Crippen LogP contribution in [-0.4, -0.2) is 45.5 Å². The maximum Gasteiger partial charge on any atom is 0.410 e. The smallest absolute Gasteiger partial charge is 0.410 e. The third-order valence-corrected chi connectivity index (χ3v) is 4.63. The molecule has 0 bridgehead atoms. The fraction of sp³-hybridized carbons (Fsp3) is 0.500. The topological polar surface area (TPSA) is 66.8 Å². The maximum absolute atomic E-state index is 13.8. The molecular formula is C16H20FNO4S. The summed E-state index contributed by atoms with van der Waals surface area (Å²) in [6.45, 7) is 5.73. The van der Waals surface area contributed by atoms with Crippen LogP contribution in [0, 0.1) is 5.82 Å². The molecular weight excluding hydrogens is 321 g/mol. The van der Waals surface area contributed by atoms with Crippen molar-refractivity contribution in [2.75, 3.05) is 13.1 Å². The first kappa shape index (κ1) is 17.6. The Hall–Kier alpha value is -1.76. The van der Waals surface area contributed by atoms with E-state index in [1.165, 1.54) is 22.7 Å². The van der Waals surface area contributed by atoms with Gasteiger partial charge < -0.3 is 14.7 Å². The number of hydrogen-bond acceptors (Lipinski definition) is 4. The molecule has 1 fully saturated rings. The Labute approximate surface area is 138 Å². The number of amides is 1. The number of likely N-dealkylation sites (tertiary alicyclic amines) is 1. The van der Waals surface area contributed by atoms with E-state index < -0.39 is 28.2 Å². The average molecular weight is 341 g/mol. The summed E-state index contributed by atoms with van der Waals surface area (Å²) in [4.78, 5) is 25.0. The van der Waals surface area contributed by atoms with Crippen molar-refractivity contribution in [2.24, 2.45) is 0 Å². The van der Waals surface area contributed by atoms with Gasteiger partial charge in [-0.1, -0.05) is 12.1 Å². The van der Waals surface area contributed by atoms with Crippen molar-refractivity contribution in [3.05, 3.63) is 30.1 Å². The van der Waals surface area contributed by atoms with Crippen molar-refractivity contribution in [1.29, 1.82) is 0 Å². The molecule has 0 aromatic heterocycles. The van der Waals surface area contributed by atoms with E-state index in [1.807, 2.05) is 0 Å². The van der Waals surface area contributed by atoms with Crippen molar-refractivity contribution in [2.45, 2.75) is 42.4 Å². The summed E-state index contributed by atoms with van der Waals surface area (Å²) in [5.74, 6) is -1.37. The van der Waals surface area contributed by atoms with E-state index in [0.717, 1.165) is 0 Å². The lowest BCUT2D eigenvalue weighted by molar-refractivity contribution is -0.138. The van der Waals surface area contributed by atoms with Gasteiger partial charge in [0.25, 0.3) is 0 Å². The molecule has 126 valence electrons. The molecule has 7 heteroatoms. The number of ether oxygens (including phenoxy) is 1. The molecule has 0 atom stereocenters. The Bertz CT molecular complexity index is 608. The van der Waals surface area contributed by atoms with Gasteiger partial charge in [0.2, 0.25) is 0 Å². The van der Waals surface area contributed by atoms with Crippen LogP contribution in [0.2, 0.25) is 0 Å². The summed E-state index contributed by atoms with van der Waals surface area (Å²) in [6, 6.07) is 6.22. The summed E-state index contributed by atoms with van der Waals surface area (Å²) in [5.41, 5.74) is -0.610. The quantitative estimate of drug-likeness (QED) is 0.909. The lowest BCUT2D eigenvalue weighted by Gasteiger charge is -2.48. The van der Waals surface area contributed by atoms with Crippen LogP contribution < -0.4 is 0 Å². The number of benzene rings is 1. The second-order valence-electron chi connectivity index (χ2n) is 6.62. The Morgan fingerprint density at radius 3 is 2.48 bits per heavy atom. The normalized spacial score (nSPS) is 16.6. The fourth-order valence-electron chi connectivity index (χ4n) is 2.35. The van der Waals surface area contributed by atoms with E-state index in [-0.39, 0.29) is 19.5 Å². The minimum Gasteiger partial charge on any atom is -0.481 e. The van der Waals surface area contributed by atoms with Crippen molar-refractivity contribution in [1.82, 2.24) is 4.90 Å². The highest BCUT2D eigenvalue weighted by atomic mass is 32.2. The molecule has 1 saturated heterocycles. The van der Waals surface area contributed by atoms with Gasteiger partial charge in [-0.15, -0.1) is 11.8 Å². The molecule has 1 heterocycles. The predicted octanol–water partition coefficient (Wildman–Crippen LogP) is 3.38. The van der Waals surface area contributed by atoms with E-state index in [2.05, 4.69) is 0 Å². The van der Waals surface area contributed by atoms with Crippen molar-refractivity contribution < 1.29 is 23.8 Å². The van der Waals surface area contributed by atoms with Crippen LogP contribution >= 0.6 is 11.8 Å². The average Bonchev–Trinajstić information content (AvgIpc) is 2.35. The molecule has 2 rings (SSSR count). The Morgan fingerprint density at radius 2 is 1.96 bits per heavy atom. The third-order valence-electron chi connectivity index (χ3n) is 3.25. The van der Waals surface area contributed by atoms with Gasteiger partial charge in [0.1, 0.15) is 11.4 Å². The molecule has 1 amide bonds. The number of hydrogen-bond donors (Lipinski definition) is 1. The highest BCUT2D eigenvalue weighted by Crippen LogP contribution is 2.44. The maximum atomic E-state index is 13.8. The van der Waals surface area contributed by atoms with E-state index in [4.69, 9.17) is 9.84 Å². The van der Waals surface area contributed by atoms with E-state index in [1.54, 1.807) is 39.0 Å². The zero-order valence-corrected chi connectivity index (χ0v) is 14.2. The first-order valence-electron chi connectivity index (χ1n) is 7.23. The summed E-state index contributed by atoms with van der Waals surface area (Å²) >= 11 is 1.17. The number of halogens is 1. The van der Waals surface area contributed by atoms with Crippen LogP contribution in [-0.2, 0) is 9.53 Å². The molecule has 0 aliphatic carbocycles. The number of carbonyl (C=O) groups excluding carboxylic acids is 1. The number of carbonyl (C=O) groups is 2. The third kappa shape index (κ3) is 4.60. The zero-order valence-electron chi connectivity index (χ0n) is 13.3. The van der Waals surface area contributed by atoms with E-state index in [0.29, 0.717) is 4.90 Å². The summed E-state index contributed by atoms with van der Waals surface area (Å²) in [6.07, 6.45) is -0.627. The standard InChI is InChI=1S/C16H20FNO4S/c1-15(2,3)22-14(21)18-9-16(10-18,8-13(19)20)23-12-7-5-4-6-11(12)17/h4-7H,8-10H2,1-3H3,(H,19,20). The zero-order chi connectivity index (χ0) is 17.3. The molecule has 1 aliphatic heterocycles. The number of nitrogens with zero attached hydrogens (tertiary/aromatic N) is 1. The number of carboxylic acids is 1. The van der Waals surface area contributed by atoms with Gasteiger partial charge in [-0.3, -0.25) is 4.79 Å².